The van der Waals surface area contributed by atoms with Crippen LogP contribution >= 0.6 is 11.3 Å². The minimum absolute atomic E-state index is 0.270. The molecule has 0 fully saturated rings. The molecule has 0 unspecified atom stereocenters. The summed E-state index contributed by atoms with van der Waals surface area (Å²) in [4.78, 5) is 19.0. The lowest BCUT2D eigenvalue weighted by Crippen LogP contribution is -2.06. The number of ether oxygens (including phenoxy) is 1. The molecular formula is C19H17NO3S. The van der Waals surface area contributed by atoms with Crippen molar-refractivity contribution in [3.63, 3.8) is 0 Å². The summed E-state index contributed by atoms with van der Waals surface area (Å²) in [5.74, 6) is 1.16. The van der Waals surface area contributed by atoms with Crippen LogP contribution in [0.15, 0.2) is 33.5 Å². The first-order valence-corrected chi connectivity index (χ1v) is 8.84. The Morgan fingerprint density at radius 3 is 2.75 bits per heavy atom. The molecule has 1 aliphatic rings. The van der Waals surface area contributed by atoms with E-state index < -0.39 is 0 Å². The fourth-order valence-corrected chi connectivity index (χ4v) is 4.31. The molecule has 1 aliphatic carbocycles. The minimum Gasteiger partial charge on any atom is -0.497 e. The van der Waals surface area contributed by atoms with Gasteiger partial charge in [0, 0.05) is 11.0 Å². The fourth-order valence-electron chi connectivity index (χ4n) is 3.06. The molecule has 0 atom stereocenters. The Bertz CT molecular complexity index is 967. The highest BCUT2D eigenvalue weighted by molar-refractivity contribution is 7.18. The Hall–Kier alpha value is -2.40. The van der Waals surface area contributed by atoms with Crippen molar-refractivity contribution in [2.75, 3.05) is 7.11 Å². The third-order valence-corrected chi connectivity index (χ3v) is 5.49. The van der Waals surface area contributed by atoms with Gasteiger partial charge in [0.2, 0.25) is 5.89 Å². The van der Waals surface area contributed by atoms with Crippen molar-refractivity contribution in [1.29, 1.82) is 0 Å². The third kappa shape index (κ3) is 2.76. The van der Waals surface area contributed by atoms with Gasteiger partial charge in [0.05, 0.1) is 7.11 Å². The summed E-state index contributed by atoms with van der Waals surface area (Å²) in [6, 6.07) is 7.66. The van der Waals surface area contributed by atoms with Crippen molar-refractivity contribution >= 4 is 33.7 Å². The van der Waals surface area contributed by atoms with E-state index in [1.54, 1.807) is 24.5 Å². The quantitative estimate of drug-likeness (QED) is 0.713. The van der Waals surface area contributed by atoms with Crippen LogP contribution in [0.5, 0.6) is 5.75 Å². The molecule has 122 valence electrons. The Kier molecular flexibility index (Phi) is 3.94. The monoisotopic (exact) mass is 339 g/mol. The van der Waals surface area contributed by atoms with E-state index in [0.29, 0.717) is 11.3 Å². The lowest BCUT2D eigenvalue weighted by Gasteiger charge is -2.09. The Morgan fingerprint density at radius 2 is 1.96 bits per heavy atom. The van der Waals surface area contributed by atoms with Gasteiger partial charge in [-0.05, 0) is 55.0 Å². The van der Waals surface area contributed by atoms with Crippen molar-refractivity contribution in [3.8, 4) is 5.75 Å². The van der Waals surface area contributed by atoms with E-state index in [2.05, 4.69) is 4.98 Å². The summed E-state index contributed by atoms with van der Waals surface area (Å²) >= 11 is 1.63. The molecule has 0 bridgehead atoms. The molecule has 24 heavy (non-hydrogen) atoms. The topological polar surface area (TPSA) is 52.3 Å². The standard InChI is InChI=1S/C19H17NO3S/c1-22-13-9-6-12(7-10-13)8-11-16-20-18-17(19(21)23-16)14-4-2-3-5-15(14)24-18/h6-11H,2-5H2,1H3/b11-8-. The fraction of sp³-hybridized carbons (Fsp3) is 0.263. The number of rotatable bonds is 3. The van der Waals surface area contributed by atoms with Gasteiger partial charge in [0.15, 0.2) is 0 Å². The van der Waals surface area contributed by atoms with Gasteiger partial charge in [-0.2, -0.15) is 0 Å². The molecule has 0 radical (unpaired) electrons. The summed E-state index contributed by atoms with van der Waals surface area (Å²) < 4.78 is 10.6. The normalized spacial score (nSPS) is 14.2. The molecule has 5 heteroatoms. The van der Waals surface area contributed by atoms with Crippen LogP contribution in [-0.2, 0) is 12.8 Å². The number of benzene rings is 1. The SMILES string of the molecule is COc1ccc(/C=C\c2nc3sc4c(c3c(=O)o2)CCCC4)cc1. The minimum atomic E-state index is -0.270. The molecule has 0 spiro atoms. The summed E-state index contributed by atoms with van der Waals surface area (Å²) in [6.45, 7) is 0. The molecule has 4 rings (SSSR count). The Balaban J connectivity index is 1.69. The number of aromatic nitrogens is 1. The first-order chi connectivity index (χ1) is 11.7. The third-order valence-electron chi connectivity index (χ3n) is 4.30. The largest absolute Gasteiger partial charge is 0.497 e. The lowest BCUT2D eigenvalue weighted by molar-refractivity contribution is 0.415. The molecule has 0 saturated carbocycles. The van der Waals surface area contributed by atoms with Crippen LogP contribution in [0.3, 0.4) is 0 Å². The summed E-state index contributed by atoms with van der Waals surface area (Å²) in [5, 5.41) is 0.691. The van der Waals surface area contributed by atoms with Crippen LogP contribution in [0.4, 0.5) is 0 Å². The smallest absolute Gasteiger partial charge is 0.348 e. The van der Waals surface area contributed by atoms with Gasteiger partial charge in [-0.15, -0.1) is 11.3 Å². The zero-order valence-corrected chi connectivity index (χ0v) is 14.2. The van der Waals surface area contributed by atoms with Gasteiger partial charge >= 0.3 is 5.63 Å². The summed E-state index contributed by atoms with van der Waals surface area (Å²) in [7, 11) is 1.64. The first kappa shape index (κ1) is 15.1. The average molecular weight is 339 g/mol. The van der Waals surface area contributed by atoms with Crippen molar-refractivity contribution in [2.45, 2.75) is 25.7 Å². The Labute approximate surface area is 143 Å². The van der Waals surface area contributed by atoms with Crippen LogP contribution in [0.1, 0.15) is 34.7 Å². The molecular weight excluding hydrogens is 322 g/mol. The van der Waals surface area contributed by atoms with Gasteiger partial charge in [-0.25, -0.2) is 9.78 Å². The molecule has 3 aromatic rings. The van der Waals surface area contributed by atoms with E-state index in [0.717, 1.165) is 41.0 Å². The van der Waals surface area contributed by atoms with E-state index >= 15 is 0 Å². The lowest BCUT2D eigenvalue weighted by atomic mass is 9.97. The molecule has 4 nitrogen and oxygen atoms in total. The molecule has 0 aliphatic heterocycles. The molecule has 2 heterocycles. The van der Waals surface area contributed by atoms with E-state index in [1.165, 1.54) is 11.3 Å². The molecule has 2 aromatic heterocycles. The van der Waals surface area contributed by atoms with Crippen molar-refractivity contribution < 1.29 is 9.15 Å². The van der Waals surface area contributed by atoms with Gasteiger partial charge in [-0.1, -0.05) is 12.1 Å². The molecule has 0 saturated heterocycles. The van der Waals surface area contributed by atoms with Crippen LogP contribution in [0.25, 0.3) is 22.4 Å². The average Bonchev–Trinajstić information content (AvgIpc) is 2.99. The Morgan fingerprint density at radius 1 is 1.17 bits per heavy atom. The van der Waals surface area contributed by atoms with Gasteiger partial charge in [0.1, 0.15) is 16.0 Å². The summed E-state index contributed by atoms with van der Waals surface area (Å²) in [5.41, 5.74) is 1.88. The van der Waals surface area contributed by atoms with E-state index in [4.69, 9.17) is 9.15 Å². The van der Waals surface area contributed by atoms with Gasteiger partial charge in [0.25, 0.3) is 0 Å². The van der Waals surface area contributed by atoms with Gasteiger partial charge in [-0.3, -0.25) is 0 Å². The maximum absolute atomic E-state index is 12.4. The van der Waals surface area contributed by atoms with E-state index in [9.17, 15) is 4.79 Å². The van der Waals surface area contributed by atoms with Crippen LogP contribution in [0.2, 0.25) is 0 Å². The maximum Gasteiger partial charge on any atom is 0.348 e. The van der Waals surface area contributed by atoms with E-state index in [1.807, 2.05) is 30.3 Å². The second kappa shape index (κ2) is 6.24. The van der Waals surface area contributed by atoms with Crippen molar-refractivity contribution in [2.24, 2.45) is 0 Å². The van der Waals surface area contributed by atoms with Crippen LogP contribution < -0.4 is 10.4 Å². The number of nitrogens with zero attached hydrogens (tertiary/aromatic N) is 1. The molecule has 1 aromatic carbocycles. The predicted octanol–water partition coefficient (Wildman–Crippen LogP) is 4.31. The number of thiophene rings is 1. The zero-order valence-electron chi connectivity index (χ0n) is 13.4. The highest BCUT2D eigenvalue weighted by Crippen LogP contribution is 2.33. The van der Waals surface area contributed by atoms with Gasteiger partial charge < -0.3 is 9.15 Å². The first-order valence-electron chi connectivity index (χ1n) is 8.02. The second-order valence-electron chi connectivity index (χ2n) is 5.84. The van der Waals surface area contributed by atoms with Crippen LogP contribution in [-0.4, -0.2) is 12.1 Å². The number of methoxy groups -OCH3 is 1. The number of hydrogen-bond donors (Lipinski definition) is 0. The second-order valence-corrected chi connectivity index (χ2v) is 6.92. The number of hydrogen-bond acceptors (Lipinski definition) is 5. The number of aryl methyl sites for hydroxylation is 2. The van der Waals surface area contributed by atoms with Crippen molar-refractivity contribution in [1.82, 2.24) is 4.98 Å². The number of fused-ring (bicyclic) bond motifs is 3. The van der Waals surface area contributed by atoms with Crippen LogP contribution in [0, 0.1) is 0 Å². The highest BCUT2D eigenvalue weighted by atomic mass is 32.1. The summed E-state index contributed by atoms with van der Waals surface area (Å²) in [6.07, 6.45) is 7.95. The van der Waals surface area contributed by atoms with E-state index in [-0.39, 0.29) is 5.63 Å². The zero-order chi connectivity index (χ0) is 16.5. The predicted molar refractivity (Wildman–Crippen MR) is 96.7 cm³/mol. The highest BCUT2D eigenvalue weighted by Gasteiger charge is 2.20. The van der Waals surface area contributed by atoms with Crippen molar-refractivity contribution in [3.05, 3.63) is 56.6 Å². The molecule has 0 amide bonds. The molecule has 0 N–H and O–H groups in total. The maximum atomic E-state index is 12.4.